The summed E-state index contributed by atoms with van der Waals surface area (Å²) in [5.41, 5.74) is -0.609. The minimum Gasteiger partial charge on any atom is -0.360 e. The number of amides is 4. The molecule has 11 nitrogen and oxygen atoms in total. The number of aromatic nitrogens is 1. The van der Waals surface area contributed by atoms with Crippen LogP contribution in [-0.2, 0) is 19.6 Å². The van der Waals surface area contributed by atoms with Gasteiger partial charge in [0.25, 0.3) is 5.91 Å². The van der Waals surface area contributed by atoms with Gasteiger partial charge in [-0.3, -0.25) is 14.5 Å². The van der Waals surface area contributed by atoms with Crippen molar-refractivity contribution in [3.8, 4) is 0 Å². The Kier molecular flexibility index (Phi) is 5.78. The van der Waals surface area contributed by atoms with Gasteiger partial charge in [0.1, 0.15) is 22.7 Å². The normalized spacial score (nSPS) is 27.3. The Hall–Kier alpha value is -2.47. The molecule has 3 fully saturated rings. The summed E-state index contributed by atoms with van der Waals surface area (Å²) < 4.78 is 32.2. The molecule has 1 aliphatic carbocycles. The summed E-state index contributed by atoms with van der Waals surface area (Å²) in [6.07, 6.45) is 3.32. The standard InChI is InChI=1S/C20H29N5O6S/c1-13-6-4-5-7-20(13)18(27)25(19(28)21-20)12-16(26)23-8-10-24(11-9-23)32(29,30)17-14(2)22-31-15(17)3/h13H,4-12H2,1-3H3,(H,21,28)/t13-,20-/m0/s1. The van der Waals surface area contributed by atoms with E-state index >= 15 is 0 Å². The van der Waals surface area contributed by atoms with Crippen molar-refractivity contribution >= 4 is 27.9 Å². The number of urea groups is 1. The fraction of sp³-hybridized carbons (Fsp3) is 0.700. The highest BCUT2D eigenvalue weighted by atomic mass is 32.2. The van der Waals surface area contributed by atoms with Gasteiger partial charge in [-0.2, -0.15) is 4.31 Å². The van der Waals surface area contributed by atoms with E-state index in [2.05, 4.69) is 10.5 Å². The van der Waals surface area contributed by atoms with Gasteiger partial charge in [0.15, 0.2) is 5.76 Å². The third-order valence-corrected chi connectivity index (χ3v) is 9.10. The van der Waals surface area contributed by atoms with Crippen molar-refractivity contribution in [3.05, 3.63) is 11.5 Å². The average molecular weight is 468 g/mol. The Labute approximate surface area is 187 Å². The summed E-state index contributed by atoms with van der Waals surface area (Å²) in [7, 11) is -3.78. The average Bonchev–Trinajstić information content (AvgIpc) is 3.22. The molecule has 2 atom stereocenters. The molecular weight excluding hydrogens is 438 g/mol. The lowest BCUT2D eigenvalue weighted by Gasteiger charge is -2.37. The smallest absolute Gasteiger partial charge is 0.325 e. The van der Waals surface area contributed by atoms with E-state index in [1.807, 2.05) is 6.92 Å². The zero-order chi connectivity index (χ0) is 23.3. The van der Waals surface area contributed by atoms with Crippen LogP contribution in [0.2, 0.25) is 0 Å². The van der Waals surface area contributed by atoms with Crippen LogP contribution >= 0.6 is 0 Å². The van der Waals surface area contributed by atoms with Crippen LogP contribution in [0.5, 0.6) is 0 Å². The maximum atomic E-state index is 13.1. The molecule has 4 amide bonds. The van der Waals surface area contributed by atoms with E-state index in [0.29, 0.717) is 12.1 Å². The molecule has 2 saturated heterocycles. The fourth-order valence-corrected chi connectivity index (χ4v) is 6.74. The number of carbonyl (C=O) groups is 3. The first-order valence-corrected chi connectivity index (χ1v) is 12.4. The van der Waals surface area contributed by atoms with E-state index in [4.69, 9.17) is 4.52 Å². The molecule has 4 rings (SSSR count). The lowest BCUT2D eigenvalue weighted by Crippen LogP contribution is -2.55. The number of imide groups is 1. The van der Waals surface area contributed by atoms with Crippen molar-refractivity contribution in [3.63, 3.8) is 0 Å². The van der Waals surface area contributed by atoms with E-state index < -0.39 is 21.6 Å². The first-order chi connectivity index (χ1) is 15.1. The van der Waals surface area contributed by atoms with Crippen molar-refractivity contribution in [1.82, 2.24) is 24.6 Å². The highest BCUT2D eigenvalue weighted by molar-refractivity contribution is 7.89. The van der Waals surface area contributed by atoms with Gasteiger partial charge in [0.05, 0.1) is 0 Å². The molecule has 0 aromatic carbocycles. The zero-order valence-corrected chi connectivity index (χ0v) is 19.4. The Balaban J connectivity index is 1.39. The van der Waals surface area contributed by atoms with Gasteiger partial charge in [-0.25, -0.2) is 13.2 Å². The molecule has 3 aliphatic rings. The van der Waals surface area contributed by atoms with E-state index in [1.165, 1.54) is 9.21 Å². The molecule has 0 unspecified atom stereocenters. The summed E-state index contributed by atoms with van der Waals surface area (Å²) in [6, 6.07) is -0.531. The third kappa shape index (κ3) is 3.58. The van der Waals surface area contributed by atoms with Gasteiger partial charge < -0.3 is 14.7 Å². The number of hydrogen-bond acceptors (Lipinski definition) is 7. The fourth-order valence-electron chi connectivity index (χ4n) is 5.02. The third-order valence-electron chi connectivity index (χ3n) is 6.95. The molecule has 176 valence electrons. The zero-order valence-electron chi connectivity index (χ0n) is 18.6. The second-order valence-electron chi connectivity index (χ2n) is 8.88. The van der Waals surface area contributed by atoms with Gasteiger partial charge >= 0.3 is 6.03 Å². The number of nitrogens with one attached hydrogen (secondary N) is 1. The first kappa shape index (κ1) is 22.7. The summed E-state index contributed by atoms with van der Waals surface area (Å²) in [4.78, 5) is 41.0. The number of sulfonamides is 1. The van der Waals surface area contributed by atoms with E-state index in [1.54, 1.807) is 13.8 Å². The molecule has 1 saturated carbocycles. The molecular formula is C20H29N5O6S. The van der Waals surface area contributed by atoms with Gasteiger partial charge in [0.2, 0.25) is 15.9 Å². The van der Waals surface area contributed by atoms with Crippen molar-refractivity contribution < 1.29 is 27.3 Å². The van der Waals surface area contributed by atoms with Crippen molar-refractivity contribution in [1.29, 1.82) is 0 Å². The van der Waals surface area contributed by atoms with Crippen LogP contribution in [0, 0.1) is 19.8 Å². The van der Waals surface area contributed by atoms with E-state index in [0.717, 1.165) is 24.2 Å². The van der Waals surface area contributed by atoms with E-state index in [9.17, 15) is 22.8 Å². The molecule has 12 heteroatoms. The Morgan fingerprint density at radius 3 is 2.47 bits per heavy atom. The van der Waals surface area contributed by atoms with Crippen LogP contribution in [0.4, 0.5) is 4.79 Å². The van der Waals surface area contributed by atoms with Crippen molar-refractivity contribution in [2.24, 2.45) is 5.92 Å². The van der Waals surface area contributed by atoms with Crippen molar-refractivity contribution in [2.75, 3.05) is 32.7 Å². The van der Waals surface area contributed by atoms with Crippen molar-refractivity contribution in [2.45, 2.75) is 56.9 Å². The largest absolute Gasteiger partial charge is 0.360 e. The predicted octanol–water partition coefficient (Wildman–Crippen LogP) is 0.625. The lowest BCUT2D eigenvalue weighted by atomic mass is 9.73. The molecule has 1 aromatic rings. The van der Waals surface area contributed by atoms with Crippen LogP contribution in [-0.4, -0.2) is 83.8 Å². The second kappa shape index (κ2) is 8.14. The lowest BCUT2D eigenvalue weighted by molar-refractivity contribution is -0.141. The summed E-state index contributed by atoms with van der Waals surface area (Å²) >= 11 is 0. The molecule has 32 heavy (non-hydrogen) atoms. The van der Waals surface area contributed by atoms with Gasteiger partial charge in [-0.05, 0) is 32.6 Å². The molecule has 0 radical (unpaired) electrons. The molecule has 1 N–H and O–H groups in total. The van der Waals surface area contributed by atoms with E-state index in [-0.39, 0.29) is 61.1 Å². The van der Waals surface area contributed by atoms with Gasteiger partial charge in [-0.15, -0.1) is 0 Å². The Bertz CT molecular complexity index is 1030. The van der Waals surface area contributed by atoms with Crippen LogP contribution in [0.25, 0.3) is 0 Å². The monoisotopic (exact) mass is 467 g/mol. The first-order valence-electron chi connectivity index (χ1n) is 10.9. The maximum absolute atomic E-state index is 13.1. The quantitative estimate of drug-likeness (QED) is 0.642. The van der Waals surface area contributed by atoms with Crippen LogP contribution in [0.1, 0.15) is 44.1 Å². The van der Waals surface area contributed by atoms with Crippen LogP contribution < -0.4 is 5.32 Å². The summed E-state index contributed by atoms with van der Waals surface area (Å²) in [5.74, 6) is -0.456. The van der Waals surface area contributed by atoms with Crippen LogP contribution in [0.3, 0.4) is 0 Å². The number of nitrogens with zero attached hydrogens (tertiary/aromatic N) is 4. The summed E-state index contributed by atoms with van der Waals surface area (Å²) in [5, 5.41) is 6.56. The minimum atomic E-state index is -3.78. The number of carbonyl (C=O) groups excluding carboxylic acids is 3. The predicted molar refractivity (Wildman–Crippen MR) is 112 cm³/mol. The highest BCUT2D eigenvalue weighted by Crippen LogP contribution is 2.38. The topological polar surface area (TPSA) is 133 Å². The second-order valence-corrected chi connectivity index (χ2v) is 10.8. The minimum absolute atomic E-state index is 0.0193. The molecule has 2 aliphatic heterocycles. The number of hydrogen-bond donors (Lipinski definition) is 1. The number of aryl methyl sites for hydroxylation is 2. The SMILES string of the molecule is Cc1noc(C)c1S(=O)(=O)N1CCN(C(=O)CN2C(=O)N[C@]3(CCCC[C@@H]3C)C2=O)CC1. The maximum Gasteiger partial charge on any atom is 0.325 e. The molecule has 0 bridgehead atoms. The Morgan fingerprint density at radius 1 is 1.19 bits per heavy atom. The molecule has 1 spiro atoms. The Morgan fingerprint density at radius 2 is 1.88 bits per heavy atom. The molecule has 3 heterocycles. The highest BCUT2D eigenvalue weighted by Gasteiger charge is 2.55. The van der Waals surface area contributed by atoms with Gasteiger partial charge in [-0.1, -0.05) is 24.9 Å². The number of rotatable bonds is 4. The summed E-state index contributed by atoms with van der Waals surface area (Å²) in [6.45, 7) is 5.31. The number of piperazine rings is 1. The van der Waals surface area contributed by atoms with Gasteiger partial charge in [0, 0.05) is 26.2 Å². The molecule has 1 aromatic heterocycles. The van der Waals surface area contributed by atoms with Crippen LogP contribution in [0.15, 0.2) is 9.42 Å².